The molecule has 0 aliphatic rings. The third kappa shape index (κ3) is 6.53. The van der Waals surface area contributed by atoms with Crippen LogP contribution in [-0.2, 0) is 4.74 Å². The molecule has 3 nitrogen and oxygen atoms in total. The van der Waals surface area contributed by atoms with Crippen molar-refractivity contribution in [3.63, 3.8) is 0 Å². The van der Waals surface area contributed by atoms with Gasteiger partial charge in [0.15, 0.2) is 5.11 Å². The Balaban J connectivity index is 2.44. The number of hydrogen-bond donors (Lipinski definition) is 2. The summed E-state index contributed by atoms with van der Waals surface area (Å²) >= 11 is 15.7. The van der Waals surface area contributed by atoms with Crippen molar-refractivity contribution >= 4 is 70.8 Å². The van der Waals surface area contributed by atoms with Gasteiger partial charge in [-0.15, -0.1) is 0 Å². The lowest BCUT2D eigenvalue weighted by Gasteiger charge is -2.13. The molecule has 0 amide bonds. The monoisotopic (exact) mass is 472 g/mol. The minimum atomic E-state index is 0.597. The largest absolute Gasteiger partial charge is 0.382 e. The number of halogens is 3. The molecule has 0 radical (unpaired) electrons. The SMILES string of the molecule is CCOCCCNC(=S)Nc1c(Br)cc(Br)cc1Br. The van der Waals surface area contributed by atoms with Gasteiger partial charge in [-0.25, -0.2) is 0 Å². The molecule has 0 aliphatic carbocycles. The molecule has 1 rings (SSSR count). The van der Waals surface area contributed by atoms with Crippen LogP contribution in [-0.4, -0.2) is 24.9 Å². The summed E-state index contributed by atoms with van der Waals surface area (Å²) in [6.07, 6.45) is 0.929. The maximum absolute atomic E-state index is 5.26. The second kappa shape index (κ2) is 9.28. The first kappa shape index (κ1) is 17.4. The molecule has 0 saturated heterocycles. The summed E-state index contributed by atoms with van der Waals surface area (Å²) in [5.74, 6) is 0. The van der Waals surface area contributed by atoms with E-state index in [1.807, 2.05) is 19.1 Å². The fraction of sp³-hybridized carbons (Fsp3) is 0.417. The van der Waals surface area contributed by atoms with Crippen molar-refractivity contribution in [2.75, 3.05) is 25.1 Å². The molecule has 0 bridgehead atoms. The Hall–Kier alpha value is 0.310. The Bertz CT molecular complexity index is 420. The van der Waals surface area contributed by atoms with Crippen LogP contribution in [0, 0.1) is 0 Å². The first-order valence-electron chi connectivity index (χ1n) is 5.81. The first-order chi connectivity index (χ1) is 9.04. The average molecular weight is 475 g/mol. The van der Waals surface area contributed by atoms with Gasteiger partial charge in [0.2, 0.25) is 0 Å². The third-order valence-electron chi connectivity index (χ3n) is 2.20. The predicted octanol–water partition coefficient (Wildman–Crippen LogP) is 4.69. The van der Waals surface area contributed by atoms with Crippen molar-refractivity contribution in [1.29, 1.82) is 0 Å². The molecule has 0 aliphatic heterocycles. The fourth-order valence-corrected chi connectivity index (χ4v) is 4.00. The minimum Gasteiger partial charge on any atom is -0.382 e. The lowest BCUT2D eigenvalue weighted by atomic mass is 10.3. The molecule has 0 heterocycles. The van der Waals surface area contributed by atoms with E-state index in [9.17, 15) is 0 Å². The number of anilines is 1. The molecular weight excluding hydrogens is 460 g/mol. The topological polar surface area (TPSA) is 33.3 Å². The Morgan fingerprint density at radius 1 is 1.26 bits per heavy atom. The zero-order chi connectivity index (χ0) is 14.3. The van der Waals surface area contributed by atoms with Crippen molar-refractivity contribution in [3.05, 3.63) is 25.6 Å². The summed E-state index contributed by atoms with van der Waals surface area (Å²) in [6.45, 7) is 4.28. The van der Waals surface area contributed by atoms with Crippen molar-refractivity contribution in [2.45, 2.75) is 13.3 Å². The van der Waals surface area contributed by atoms with Gasteiger partial charge in [0.05, 0.1) is 5.69 Å². The number of benzene rings is 1. The summed E-state index contributed by atoms with van der Waals surface area (Å²) in [6, 6.07) is 3.93. The van der Waals surface area contributed by atoms with Gasteiger partial charge in [-0.3, -0.25) is 0 Å². The van der Waals surface area contributed by atoms with Gasteiger partial charge in [-0.05, 0) is 69.6 Å². The van der Waals surface area contributed by atoms with E-state index < -0.39 is 0 Å². The standard InChI is InChI=1S/C12H15Br3N2OS/c1-2-18-5-3-4-16-12(19)17-11-9(14)6-8(13)7-10(11)15/h6-7H,2-5H2,1H3,(H2,16,17,19). The molecule has 0 saturated carbocycles. The van der Waals surface area contributed by atoms with Crippen molar-refractivity contribution in [2.24, 2.45) is 0 Å². The van der Waals surface area contributed by atoms with E-state index in [0.29, 0.717) is 5.11 Å². The van der Waals surface area contributed by atoms with Crippen LogP contribution < -0.4 is 10.6 Å². The van der Waals surface area contributed by atoms with Crippen molar-refractivity contribution in [3.8, 4) is 0 Å². The summed E-state index contributed by atoms with van der Waals surface area (Å²) in [7, 11) is 0. The van der Waals surface area contributed by atoms with E-state index in [0.717, 1.165) is 45.3 Å². The second-order valence-corrected chi connectivity index (χ2v) is 6.71. The van der Waals surface area contributed by atoms with Crippen molar-refractivity contribution < 1.29 is 4.74 Å². The summed E-state index contributed by atoms with van der Waals surface area (Å²) < 4.78 is 8.13. The van der Waals surface area contributed by atoms with Gasteiger partial charge < -0.3 is 15.4 Å². The van der Waals surface area contributed by atoms with Crippen molar-refractivity contribution in [1.82, 2.24) is 5.32 Å². The van der Waals surface area contributed by atoms with E-state index in [-0.39, 0.29) is 0 Å². The Morgan fingerprint density at radius 2 is 1.89 bits per heavy atom. The molecule has 1 aromatic carbocycles. The Morgan fingerprint density at radius 3 is 2.47 bits per heavy atom. The summed E-state index contributed by atoms with van der Waals surface area (Å²) in [5.41, 5.74) is 0.908. The quantitative estimate of drug-likeness (QED) is 0.463. The van der Waals surface area contributed by atoms with Crippen LogP contribution in [0.15, 0.2) is 25.6 Å². The van der Waals surface area contributed by atoms with Gasteiger partial charge in [0, 0.05) is 33.2 Å². The molecule has 0 atom stereocenters. The van der Waals surface area contributed by atoms with Crippen LogP contribution in [0.1, 0.15) is 13.3 Å². The van der Waals surface area contributed by atoms with Crippen LogP contribution in [0.5, 0.6) is 0 Å². The normalized spacial score (nSPS) is 10.3. The van der Waals surface area contributed by atoms with Gasteiger partial charge >= 0.3 is 0 Å². The van der Waals surface area contributed by atoms with E-state index in [4.69, 9.17) is 17.0 Å². The molecule has 0 fully saturated rings. The fourth-order valence-electron chi connectivity index (χ4n) is 1.34. The molecule has 0 unspecified atom stereocenters. The summed E-state index contributed by atoms with van der Waals surface area (Å²) in [5, 5.41) is 6.90. The van der Waals surface area contributed by atoms with E-state index in [1.54, 1.807) is 0 Å². The highest BCUT2D eigenvalue weighted by Crippen LogP contribution is 2.34. The lowest BCUT2D eigenvalue weighted by molar-refractivity contribution is 0.146. The van der Waals surface area contributed by atoms with E-state index >= 15 is 0 Å². The number of thiocarbonyl (C=S) groups is 1. The molecule has 2 N–H and O–H groups in total. The van der Waals surface area contributed by atoms with Gasteiger partial charge in [-0.1, -0.05) is 15.9 Å². The molecule has 0 spiro atoms. The van der Waals surface area contributed by atoms with Crippen LogP contribution in [0.2, 0.25) is 0 Å². The number of ether oxygens (including phenoxy) is 1. The Labute approximate surface area is 144 Å². The molecule has 1 aromatic rings. The van der Waals surface area contributed by atoms with Gasteiger partial charge in [0.25, 0.3) is 0 Å². The maximum Gasteiger partial charge on any atom is 0.170 e. The zero-order valence-corrected chi connectivity index (χ0v) is 16.0. The lowest BCUT2D eigenvalue weighted by Crippen LogP contribution is -2.30. The third-order valence-corrected chi connectivity index (χ3v) is 4.16. The Kier molecular flexibility index (Phi) is 8.48. The van der Waals surface area contributed by atoms with Crippen LogP contribution >= 0.6 is 60.0 Å². The number of hydrogen-bond acceptors (Lipinski definition) is 2. The smallest absolute Gasteiger partial charge is 0.170 e. The van der Waals surface area contributed by atoms with E-state index in [1.165, 1.54) is 0 Å². The highest BCUT2D eigenvalue weighted by atomic mass is 79.9. The van der Waals surface area contributed by atoms with E-state index in [2.05, 4.69) is 58.4 Å². The second-order valence-electron chi connectivity index (χ2n) is 3.68. The molecule has 106 valence electrons. The average Bonchev–Trinajstić information content (AvgIpc) is 2.33. The van der Waals surface area contributed by atoms with Gasteiger partial charge in [-0.2, -0.15) is 0 Å². The zero-order valence-electron chi connectivity index (χ0n) is 10.4. The first-order valence-corrected chi connectivity index (χ1v) is 8.60. The number of nitrogens with one attached hydrogen (secondary N) is 2. The summed E-state index contributed by atoms with van der Waals surface area (Å²) in [4.78, 5) is 0. The number of rotatable bonds is 6. The van der Waals surface area contributed by atoms with Crippen LogP contribution in [0.3, 0.4) is 0 Å². The molecule has 7 heteroatoms. The minimum absolute atomic E-state index is 0.597. The molecule has 0 aromatic heterocycles. The van der Waals surface area contributed by atoms with Gasteiger partial charge in [0.1, 0.15) is 0 Å². The van der Waals surface area contributed by atoms with Crippen LogP contribution in [0.25, 0.3) is 0 Å². The highest BCUT2D eigenvalue weighted by Gasteiger charge is 2.08. The highest BCUT2D eigenvalue weighted by molar-refractivity contribution is 9.11. The maximum atomic E-state index is 5.26. The molecule has 19 heavy (non-hydrogen) atoms. The predicted molar refractivity (Wildman–Crippen MR) is 94.9 cm³/mol. The molecular formula is C12H15Br3N2OS. The van der Waals surface area contributed by atoms with Crippen LogP contribution in [0.4, 0.5) is 5.69 Å².